The van der Waals surface area contributed by atoms with Crippen molar-refractivity contribution in [3.63, 3.8) is 0 Å². The molecule has 2 nitrogen and oxygen atoms in total. The van der Waals surface area contributed by atoms with Gasteiger partial charge in [0, 0.05) is 5.92 Å². The summed E-state index contributed by atoms with van der Waals surface area (Å²) in [5.74, 6) is -4.71. The predicted octanol–water partition coefficient (Wildman–Crippen LogP) is 4.39. The Kier molecular flexibility index (Phi) is 4.54. The number of ketones is 1. The summed E-state index contributed by atoms with van der Waals surface area (Å²) < 4.78 is 58.0. The summed E-state index contributed by atoms with van der Waals surface area (Å²) in [6.07, 6.45) is -3.38. The molecule has 1 aromatic rings. The number of carbonyl (C=O) groups is 1. The Bertz CT molecular complexity index is 525. The molecule has 1 aliphatic rings. The minimum atomic E-state index is -4.43. The maximum absolute atomic E-state index is 14.1. The second-order valence-corrected chi connectivity index (χ2v) is 5.23. The van der Waals surface area contributed by atoms with E-state index in [2.05, 4.69) is 0 Å². The molecule has 0 radical (unpaired) electrons. The standard InChI is InChI=1S/C15H16F4O2/c1-21-12-8-4-6-10(13(12)16)14(20)9-5-2-3-7-11(9)15(17,18)19/h4,6,8-9,11H,2-3,5,7H2,1H3. The van der Waals surface area contributed by atoms with E-state index in [4.69, 9.17) is 4.74 Å². The smallest absolute Gasteiger partial charge is 0.392 e. The summed E-state index contributed by atoms with van der Waals surface area (Å²) in [5.41, 5.74) is -0.324. The SMILES string of the molecule is COc1cccc(C(=O)C2CCCCC2C(F)(F)F)c1F. The van der Waals surface area contributed by atoms with Crippen LogP contribution in [0, 0.1) is 17.7 Å². The maximum atomic E-state index is 14.1. The van der Waals surface area contributed by atoms with Gasteiger partial charge < -0.3 is 4.74 Å². The molecule has 0 saturated heterocycles. The minimum absolute atomic E-state index is 0.0779. The third-order valence-corrected chi connectivity index (χ3v) is 3.97. The highest BCUT2D eigenvalue weighted by atomic mass is 19.4. The molecule has 2 atom stereocenters. The van der Waals surface area contributed by atoms with Crippen LogP contribution in [0.2, 0.25) is 0 Å². The normalized spacial score (nSPS) is 22.9. The molecule has 1 aliphatic carbocycles. The zero-order chi connectivity index (χ0) is 15.6. The highest BCUT2D eigenvalue weighted by molar-refractivity contribution is 5.98. The molecular weight excluding hydrogens is 288 g/mol. The van der Waals surface area contributed by atoms with Crippen molar-refractivity contribution in [1.82, 2.24) is 0 Å². The number of hydrogen-bond donors (Lipinski definition) is 0. The van der Waals surface area contributed by atoms with Gasteiger partial charge in [0.15, 0.2) is 17.3 Å². The van der Waals surface area contributed by atoms with E-state index in [-0.39, 0.29) is 24.2 Å². The Morgan fingerprint density at radius 3 is 2.52 bits per heavy atom. The molecule has 0 aliphatic heterocycles. The highest BCUT2D eigenvalue weighted by Crippen LogP contribution is 2.43. The molecule has 0 aromatic heterocycles. The van der Waals surface area contributed by atoms with Crippen LogP contribution in [0.3, 0.4) is 0 Å². The van der Waals surface area contributed by atoms with E-state index < -0.39 is 29.6 Å². The molecule has 21 heavy (non-hydrogen) atoms. The van der Waals surface area contributed by atoms with Crippen molar-refractivity contribution >= 4 is 5.78 Å². The average Bonchev–Trinajstić information content (AvgIpc) is 2.46. The van der Waals surface area contributed by atoms with Crippen LogP contribution in [-0.4, -0.2) is 19.1 Å². The second kappa shape index (κ2) is 6.03. The Labute approximate surface area is 120 Å². The third kappa shape index (κ3) is 3.19. The van der Waals surface area contributed by atoms with Crippen LogP contribution in [0.4, 0.5) is 17.6 Å². The lowest BCUT2D eigenvalue weighted by Gasteiger charge is -2.32. The summed E-state index contributed by atoms with van der Waals surface area (Å²) in [5, 5.41) is 0. The van der Waals surface area contributed by atoms with Crippen molar-refractivity contribution in [2.45, 2.75) is 31.9 Å². The van der Waals surface area contributed by atoms with Gasteiger partial charge in [-0.3, -0.25) is 4.79 Å². The van der Waals surface area contributed by atoms with Gasteiger partial charge in [-0.15, -0.1) is 0 Å². The van der Waals surface area contributed by atoms with Crippen LogP contribution in [0.25, 0.3) is 0 Å². The van der Waals surface area contributed by atoms with E-state index in [0.717, 1.165) is 0 Å². The number of halogens is 4. The Morgan fingerprint density at radius 1 is 1.24 bits per heavy atom. The van der Waals surface area contributed by atoms with Gasteiger partial charge >= 0.3 is 6.18 Å². The molecule has 2 rings (SSSR count). The topological polar surface area (TPSA) is 26.3 Å². The van der Waals surface area contributed by atoms with Crippen molar-refractivity contribution in [3.8, 4) is 5.75 Å². The molecule has 0 heterocycles. The highest BCUT2D eigenvalue weighted by Gasteiger charge is 2.48. The van der Waals surface area contributed by atoms with Crippen molar-refractivity contribution in [1.29, 1.82) is 0 Å². The van der Waals surface area contributed by atoms with Gasteiger partial charge in [-0.05, 0) is 25.0 Å². The Hall–Kier alpha value is -1.59. The average molecular weight is 304 g/mol. The zero-order valence-corrected chi connectivity index (χ0v) is 11.5. The molecule has 116 valence electrons. The fourth-order valence-corrected chi connectivity index (χ4v) is 2.89. The van der Waals surface area contributed by atoms with Crippen LogP contribution in [-0.2, 0) is 0 Å². The number of ether oxygens (including phenoxy) is 1. The molecule has 1 fully saturated rings. The number of Topliss-reactive ketones (excluding diaryl/α,β-unsaturated/α-hetero) is 1. The summed E-state index contributed by atoms with van der Waals surface area (Å²) in [7, 11) is 1.24. The first-order valence-electron chi connectivity index (χ1n) is 6.79. The number of benzene rings is 1. The zero-order valence-electron chi connectivity index (χ0n) is 11.5. The van der Waals surface area contributed by atoms with Crippen LogP contribution < -0.4 is 4.74 Å². The van der Waals surface area contributed by atoms with Gasteiger partial charge in [0.1, 0.15) is 0 Å². The number of carbonyl (C=O) groups excluding carboxylic acids is 1. The second-order valence-electron chi connectivity index (χ2n) is 5.23. The lowest BCUT2D eigenvalue weighted by molar-refractivity contribution is -0.190. The van der Waals surface area contributed by atoms with Crippen LogP contribution in [0.1, 0.15) is 36.0 Å². The van der Waals surface area contributed by atoms with Crippen molar-refractivity contribution in [2.24, 2.45) is 11.8 Å². The molecule has 1 saturated carbocycles. The summed E-state index contributed by atoms with van der Waals surface area (Å²) in [4.78, 5) is 12.4. The first-order chi connectivity index (χ1) is 9.86. The fraction of sp³-hybridized carbons (Fsp3) is 0.533. The van der Waals surface area contributed by atoms with Gasteiger partial charge in [-0.25, -0.2) is 4.39 Å². The molecule has 2 unspecified atom stereocenters. The van der Waals surface area contributed by atoms with Gasteiger partial charge in [0.25, 0.3) is 0 Å². The summed E-state index contributed by atoms with van der Waals surface area (Å²) >= 11 is 0. The number of alkyl halides is 3. The van der Waals surface area contributed by atoms with Crippen LogP contribution >= 0.6 is 0 Å². The van der Waals surface area contributed by atoms with Gasteiger partial charge in [-0.1, -0.05) is 18.9 Å². The quantitative estimate of drug-likeness (QED) is 0.611. The van der Waals surface area contributed by atoms with E-state index >= 15 is 0 Å². The molecule has 6 heteroatoms. The van der Waals surface area contributed by atoms with Crippen LogP contribution in [0.5, 0.6) is 5.75 Å². The largest absolute Gasteiger partial charge is 0.494 e. The van der Waals surface area contributed by atoms with Gasteiger partial charge in [0.05, 0.1) is 18.6 Å². The van der Waals surface area contributed by atoms with Gasteiger partial charge in [-0.2, -0.15) is 13.2 Å². The van der Waals surface area contributed by atoms with Crippen molar-refractivity contribution < 1.29 is 27.1 Å². The van der Waals surface area contributed by atoms with Crippen LogP contribution in [0.15, 0.2) is 18.2 Å². The van der Waals surface area contributed by atoms with Gasteiger partial charge in [0.2, 0.25) is 0 Å². The number of methoxy groups -OCH3 is 1. The molecule has 0 N–H and O–H groups in total. The summed E-state index contributed by atoms with van der Waals surface area (Å²) in [6.45, 7) is 0. The first kappa shape index (κ1) is 15.8. The fourth-order valence-electron chi connectivity index (χ4n) is 2.89. The van der Waals surface area contributed by atoms with E-state index in [1.165, 1.54) is 25.3 Å². The predicted molar refractivity (Wildman–Crippen MR) is 68.8 cm³/mol. The van der Waals surface area contributed by atoms with E-state index in [9.17, 15) is 22.4 Å². The molecule has 0 spiro atoms. The van der Waals surface area contributed by atoms with E-state index in [1.54, 1.807) is 0 Å². The maximum Gasteiger partial charge on any atom is 0.392 e. The third-order valence-electron chi connectivity index (χ3n) is 3.97. The molecule has 1 aromatic carbocycles. The lowest BCUT2D eigenvalue weighted by Crippen LogP contribution is -2.37. The Morgan fingerprint density at radius 2 is 1.90 bits per heavy atom. The number of rotatable bonds is 3. The minimum Gasteiger partial charge on any atom is -0.494 e. The number of hydrogen-bond acceptors (Lipinski definition) is 2. The van der Waals surface area contributed by atoms with Crippen molar-refractivity contribution in [2.75, 3.05) is 7.11 Å². The van der Waals surface area contributed by atoms with E-state index in [0.29, 0.717) is 12.8 Å². The molecular formula is C15H16F4O2. The Balaban J connectivity index is 2.34. The van der Waals surface area contributed by atoms with Crippen molar-refractivity contribution in [3.05, 3.63) is 29.6 Å². The monoisotopic (exact) mass is 304 g/mol. The molecule has 0 bridgehead atoms. The first-order valence-corrected chi connectivity index (χ1v) is 6.79. The summed E-state index contributed by atoms with van der Waals surface area (Å²) in [6, 6.07) is 3.94. The molecule has 0 amide bonds. The van der Waals surface area contributed by atoms with E-state index in [1.807, 2.05) is 0 Å². The lowest BCUT2D eigenvalue weighted by atomic mass is 9.75.